The number of amides is 4. The van der Waals surface area contributed by atoms with E-state index in [0.717, 1.165) is 42.5 Å². The molecule has 134 valence electrons. The Bertz CT molecular complexity index is 1090. The van der Waals surface area contributed by atoms with Crippen molar-refractivity contribution in [1.82, 2.24) is 9.80 Å². The minimum absolute atomic E-state index is 0.0150. The van der Waals surface area contributed by atoms with Gasteiger partial charge in [0.1, 0.15) is 5.57 Å². The van der Waals surface area contributed by atoms with Crippen LogP contribution in [0.1, 0.15) is 11.1 Å². The molecule has 5 heteroatoms. The summed E-state index contributed by atoms with van der Waals surface area (Å²) in [5.74, 6) is -1.17. The number of likely N-dealkylation sites (N-methyl/N-ethyl adjacent to an activating group) is 2. The lowest BCUT2D eigenvalue weighted by Crippen LogP contribution is -2.52. The summed E-state index contributed by atoms with van der Waals surface area (Å²) < 4.78 is 0. The number of aryl methyl sites for hydroxylation is 1. The minimum atomic E-state index is -0.624. The van der Waals surface area contributed by atoms with Gasteiger partial charge in [-0.3, -0.25) is 19.4 Å². The first-order valence-electron chi connectivity index (χ1n) is 8.63. The molecule has 1 fully saturated rings. The highest BCUT2D eigenvalue weighted by Gasteiger charge is 2.38. The quantitative estimate of drug-likeness (QED) is 0.378. The van der Waals surface area contributed by atoms with Crippen molar-refractivity contribution < 1.29 is 14.4 Å². The number of fused-ring (bicyclic) bond motifs is 2. The van der Waals surface area contributed by atoms with Crippen molar-refractivity contribution in [3.63, 3.8) is 0 Å². The summed E-state index contributed by atoms with van der Waals surface area (Å²) in [7, 11) is 2.76. The standard InChI is InChI=1S/C22H18N2O3/c1-13-14-8-4-6-10-16(14)18(17-11-7-5-9-15(13)17)12-19-20(25)23(2)22(27)24(3)21(19)26/h4-12H,1-3H3. The van der Waals surface area contributed by atoms with Crippen molar-refractivity contribution in [1.29, 1.82) is 0 Å². The summed E-state index contributed by atoms with van der Waals surface area (Å²) in [6.45, 7) is 2.07. The Balaban J connectivity index is 2.08. The van der Waals surface area contributed by atoms with Crippen LogP contribution in [0.5, 0.6) is 0 Å². The summed E-state index contributed by atoms with van der Waals surface area (Å²) in [6.07, 6.45) is 1.62. The summed E-state index contributed by atoms with van der Waals surface area (Å²) in [6, 6.07) is 15.2. The predicted octanol–water partition coefficient (Wildman–Crippen LogP) is 3.74. The van der Waals surface area contributed by atoms with E-state index < -0.39 is 17.8 Å². The molecule has 3 aromatic carbocycles. The monoisotopic (exact) mass is 358 g/mol. The van der Waals surface area contributed by atoms with Crippen LogP contribution in [0, 0.1) is 6.92 Å². The van der Waals surface area contributed by atoms with Gasteiger partial charge in [0.05, 0.1) is 0 Å². The van der Waals surface area contributed by atoms with Gasteiger partial charge >= 0.3 is 6.03 Å². The molecule has 0 unspecified atom stereocenters. The van der Waals surface area contributed by atoms with E-state index in [0.29, 0.717) is 0 Å². The van der Waals surface area contributed by atoms with Gasteiger partial charge in [0.15, 0.2) is 0 Å². The molecule has 0 atom stereocenters. The van der Waals surface area contributed by atoms with Gasteiger partial charge in [-0.25, -0.2) is 4.79 Å². The Hall–Kier alpha value is -3.47. The Morgan fingerprint density at radius 1 is 0.704 bits per heavy atom. The van der Waals surface area contributed by atoms with Crippen LogP contribution < -0.4 is 0 Å². The molecule has 5 nitrogen and oxygen atoms in total. The van der Waals surface area contributed by atoms with E-state index in [-0.39, 0.29) is 5.57 Å². The van der Waals surface area contributed by atoms with Crippen LogP contribution in [0.3, 0.4) is 0 Å². The van der Waals surface area contributed by atoms with E-state index in [1.54, 1.807) is 6.08 Å². The van der Waals surface area contributed by atoms with Gasteiger partial charge < -0.3 is 0 Å². The molecule has 4 rings (SSSR count). The molecule has 0 aromatic heterocycles. The fourth-order valence-electron chi connectivity index (χ4n) is 3.66. The second-order valence-corrected chi connectivity index (χ2v) is 6.70. The largest absolute Gasteiger partial charge is 0.333 e. The maximum absolute atomic E-state index is 12.6. The van der Waals surface area contributed by atoms with E-state index >= 15 is 0 Å². The highest BCUT2D eigenvalue weighted by Crippen LogP contribution is 2.34. The topological polar surface area (TPSA) is 57.7 Å². The molecule has 0 aliphatic carbocycles. The number of rotatable bonds is 1. The van der Waals surface area contributed by atoms with Gasteiger partial charge in [-0.15, -0.1) is 0 Å². The van der Waals surface area contributed by atoms with Crippen LogP contribution in [0.25, 0.3) is 27.6 Å². The molecule has 4 amide bonds. The van der Waals surface area contributed by atoms with Gasteiger partial charge in [0.2, 0.25) is 0 Å². The number of urea groups is 1. The summed E-state index contributed by atoms with van der Waals surface area (Å²) in [4.78, 5) is 39.2. The lowest BCUT2D eigenvalue weighted by Gasteiger charge is -2.29. The van der Waals surface area contributed by atoms with E-state index in [4.69, 9.17) is 0 Å². The lowest BCUT2D eigenvalue weighted by molar-refractivity contribution is -0.134. The van der Waals surface area contributed by atoms with Crippen LogP contribution >= 0.6 is 0 Å². The van der Waals surface area contributed by atoms with Gasteiger partial charge in [-0.2, -0.15) is 0 Å². The molecular weight excluding hydrogens is 340 g/mol. The van der Waals surface area contributed by atoms with Crippen molar-refractivity contribution in [2.24, 2.45) is 0 Å². The second-order valence-electron chi connectivity index (χ2n) is 6.70. The molecule has 0 saturated carbocycles. The molecule has 0 radical (unpaired) electrons. The summed E-state index contributed by atoms with van der Waals surface area (Å²) in [5.41, 5.74) is 1.94. The van der Waals surface area contributed by atoms with E-state index in [1.165, 1.54) is 14.1 Å². The van der Waals surface area contributed by atoms with Crippen molar-refractivity contribution in [3.8, 4) is 0 Å². The highest BCUT2D eigenvalue weighted by atomic mass is 16.2. The average molecular weight is 358 g/mol. The maximum atomic E-state index is 12.6. The second kappa shape index (κ2) is 6.06. The van der Waals surface area contributed by atoms with Gasteiger partial charge in [-0.1, -0.05) is 48.5 Å². The molecule has 3 aromatic rings. The number of hydrogen-bond donors (Lipinski definition) is 0. The number of benzene rings is 3. The molecule has 0 bridgehead atoms. The van der Waals surface area contributed by atoms with Crippen molar-refractivity contribution in [2.75, 3.05) is 14.1 Å². The number of barbiturate groups is 1. The number of hydrogen-bond acceptors (Lipinski definition) is 3. The molecule has 0 N–H and O–H groups in total. The first-order valence-corrected chi connectivity index (χ1v) is 8.63. The van der Waals surface area contributed by atoms with Gasteiger partial charge in [0.25, 0.3) is 11.8 Å². The van der Waals surface area contributed by atoms with Crippen LogP contribution in [0.2, 0.25) is 0 Å². The summed E-state index contributed by atoms with van der Waals surface area (Å²) in [5, 5.41) is 4.06. The molecule has 0 spiro atoms. The fraction of sp³-hybridized carbons (Fsp3) is 0.136. The Morgan fingerprint density at radius 3 is 1.56 bits per heavy atom. The maximum Gasteiger partial charge on any atom is 0.333 e. The number of carbonyl (C=O) groups excluding carboxylic acids is 3. The molecule has 27 heavy (non-hydrogen) atoms. The number of imide groups is 2. The average Bonchev–Trinajstić information content (AvgIpc) is 2.70. The van der Waals surface area contributed by atoms with Gasteiger partial charge in [-0.05, 0) is 45.7 Å². The smallest absolute Gasteiger partial charge is 0.268 e. The Morgan fingerprint density at radius 2 is 1.11 bits per heavy atom. The molecular formula is C22H18N2O3. The Labute approximate surface area is 156 Å². The van der Waals surface area contributed by atoms with Gasteiger partial charge in [0, 0.05) is 14.1 Å². The van der Waals surface area contributed by atoms with Crippen LogP contribution in [0.4, 0.5) is 4.79 Å². The zero-order valence-electron chi connectivity index (χ0n) is 15.3. The third-order valence-electron chi connectivity index (χ3n) is 5.18. The molecule has 1 aliphatic heterocycles. The summed E-state index contributed by atoms with van der Waals surface area (Å²) >= 11 is 0. The van der Waals surface area contributed by atoms with E-state index in [9.17, 15) is 14.4 Å². The SMILES string of the molecule is Cc1c2ccccc2c(C=C2C(=O)N(C)C(=O)N(C)C2=O)c2ccccc12. The van der Waals surface area contributed by atoms with Crippen molar-refractivity contribution >= 4 is 45.5 Å². The number of carbonyl (C=O) groups is 3. The first-order chi connectivity index (χ1) is 12.9. The molecule has 1 heterocycles. The lowest BCUT2D eigenvalue weighted by atomic mass is 9.91. The minimum Gasteiger partial charge on any atom is -0.268 e. The van der Waals surface area contributed by atoms with E-state index in [2.05, 4.69) is 6.92 Å². The van der Waals surface area contributed by atoms with E-state index in [1.807, 2.05) is 48.5 Å². The fourth-order valence-corrected chi connectivity index (χ4v) is 3.66. The normalized spacial score (nSPS) is 15.2. The highest BCUT2D eigenvalue weighted by molar-refractivity contribution is 6.31. The zero-order chi connectivity index (χ0) is 19.3. The first kappa shape index (κ1) is 17.0. The van der Waals surface area contributed by atoms with Crippen LogP contribution in [-0.2, 0) is 9.59 Å². The van der Waals surface area contributed by atoms with Crippen molar-refractivity contribution in [2.45, 2.75) is 6.92 Å². The van der Waals surface area contributed by atoms with Crippen molar-refractivity contribution in [3.05, 3.63) is 65.2 Å². The zero-order valence-corrected chi connectivity index (χ0v) is 15.3. The predicted molar refractivity (Wildman–Crippen MR) is 105 cm³/mol. The third-order valence-corrected chi connectivity index (χ3v) is 5.18. The Kier molecular flexibility index (Phi) is 3.81. The number of nitrogens with zero attached hydrogens (tertiary/aromatic N) is 2. The third kappa shape index (κ3) is 2.43. The molecule has 1 aliphatic rings. The van der Waals surface area contributed by atoms with Crippen LogP contribution in [0.15, 0.2) is 54.1 Å². The van der Waals surface area contributed by atoms with Crippen LogP contribution in [-0.4, -0.2) is 41.7 Å². The molecule has 1 saturated heterocycles.